The van der Waals surface area contributed by atoms with Gasteiger partial charge in [0.15, 0.2) is 0 Å². The third-order valence-corrected chi connectivity index (χ3v) is 7.10. The van der Waals surface area contributed by atoms with Crippen LogP contribution in [0.25, 0.3) is 10.8 Å². The summed E-state index contributed by atoms with van der Waals surface area (Å²) in [5.41, 5.74) is 9.30. The van der Waals surface area contributed by atoms with Gasteiger partial charge in [-0.1, -0.05) is 24.8 Å². The Morgan fingerprint density at radius 2 is 2.05 bits per heavy atom. The Balaban J connectivity index is 1.75. The van der Waals surface area contributed by atoms with Gasteiger partial charge in [0, 0.05) is 41.7 Å². The molecular weight excluding hydrogens is 466 g/mol. The Kier molecular flexibility index (Phi) is 8.01. The molecule has 37 heavy (non-hydrogen) atoms. The van der Waals surface area contributed by atoms with E-state index in [1.807, 2.05) is 12.1 Å². The average molecular weight is 500 g/mol. The van der Waals surface area contributed by atoms with Crippen LogP contribution in [0.3, 0.4) is 0 Å². The fourth-order valence-corrected chi connectivity index (χ4v) is 5.05. The lowest BCUT2D eigenvalue weighted by atomic mass is 9.74. The molecule has 0 unspecified atom stereocenters. The number of benzene rings is 2. The average Bonchev–Trinajstić information content (AvgIpc) is 2.92. The molecule has 1 saturated carbocycles. The third-order valence-electron chi connectivity index (χ3n) is 7.10. The smallest absolute Gasteiger partial charge is 0.270 e. The van der Waals surface area contributed by atoms with Crippen molar-refractivity contribution in [1.82, 2.24) is 20.2 Å². The van der Waals surface area contributed by atoms with Crippen molar-refractivity contribution in [3.63, 3.8) is 0 Å². The second-order valence-electron chi connectivity index (χ2n) is 9.65. The summed E-state index contributed by atoms with van der Waals surface area (Å²) in [7, 11) is 5.74. The zero-order valence-corrected chi connectivity index (χ0v) is 21.4. The second-order valence-corrected chi connectivity index (χ2v) is 9.65. The number of nitrogens with one attached hydrogen (secondary N) is 2. The topological polar surface area (TPSA) is 129 Å². The van der Waals surface area contributed by atoms with Crippen LogP contribution in [0.15, 0.2) is 61.1 Å². The molecule has 1 fully saturated rings. The van der Waals surface area contributed by atoms with Crippen LogP contribution in [0.1, 0.15) is 34.8 Å². The molecule has 0 bridgehead atoms. The highest BCUT2D eigenvalue weighted by Gasteiger charge is 2.39. The molecule has 0 radical (unpaired) electrons. The van der Waals surface area contributed by atoms with E-state index in [0.29, 0.717) is 23.6 Å². The number of rotatable bonds is 8. The predicted octanol–water partition coefficient (Wildman–Crippen LogP) is 3.06. The minimum Gasteiger partial charge on any atom is -0.495 e. The fraction of sp³-hybridized carbons (Fsp3) is 0.357. The maximum atomic E-state index is 13.0. The van der Waals surface area contributed by atoms with E-state index < -0.39 is 0 Å². The number of hydrogen-bond donors (Lipinski definition) is 3. The molecule has 1 amide bonds. The third kappa shape index (κ3) is 5.71. The minimum atomic E-state index is -0.281. The van der Waals surface area contributed by atoms with Crippen molar-refractivity contribution in [2.45, 2.75) is 36.9 Å². The molecule has 1 aromatic heterocycles. The number of methoxy groups -OCH3 is 1. The molecular formula is C28H33N7O2. The summed E-state index contributed by atoms with van der Waals surface area (Å²) in [6.07, 6.45) is 4.51. The normalized spacial score (nSPS) is 21.3. The lowest BCUT2D eigenvalue weighted by molar-refractivity contribution is 0.0882. The molecule has 0 aliphatic heterocycles. The minimum absolute atomic E-state index is 0.0283. The summed E-state index contributed by atoms with van der Waals surface area (Å²) in [5.74, 6) is 0.381. The Labute approximate surface area is 217 Å². The maximum Gasteiger partial charge on any atom is 0.270 e. The Morgan fingerprint density at radius 3 is 2.73 bits per heavy atom. The number of aromatic nitrogens is 2. The van der Waals surface area contributed by atoms with Crippen LogP contribution in [-0.4, -0.2) is 66.7 Å². The van der Waals surface area contributed by atoms with Gasteiger partial charge in [0.1, 0.15) is 17.8 Å². The summed E-state index contributed by atoms with van der Waals surface area (Å²) in [4.78, 5) is 23.2. The summed E-state index contributed by atoms with van der Waals surface area (Å²) < 4.78 is 5.62. The van der Waals surface area contributed by atoms with Crippen LogP contribution >= 0.6 is 0 Å². The lowest BCUT2D eigenvalue weighted by Crippen LogP contribution is -2.57. The summed E-state index contributed by atoms with van der Waals surface area (Å²) >= 11 is 0. The molecule has 1 heterocycles. The highest BCUT2D eigenvalue weighted by Crippen LogP contribution is 2.39. The largest absolute Gasteiger partial charge is 0.495 e. The first kappa shape index (κ1) is 26.1. The molecule has 0 spiro atoms. The molecule has 0 saturated heterocycles. The predicted molar refractivity (Wildman–Crippen MR) is 144 cm³/mol. The van der Waals surface area contributed by atoms with Crippen LogP contribution in [-0.2, 0) is 0 Å². The Bertz CT molecular complexity index is 1320. The van der Waals surface area contributed by atoms with Crippen LogP contribution in [0.2, 0.25) is 0 Å². The molecule has 9 heteroatoms. The standard InChI is InChI=1S/C28H33N7O2/c1-17(14-29)15-32-27-21-11-19(6-5-18(21)7-8-25(27)37-4)22-12-20(35(2)3)13-23(30)26(22)34-28(36)24-9-10-31-16-33-24/h5-11,16,20,22-23,26,32H,1,12-13,15,30H2,2-4H3,(H,34,36)/t20-,22-,23-,26-/m0/s1. The zero-order valence-electron chi connectivity index (χ0n) is 21.4. The summed E-state index contributed by atoms with van der Waals surface area (Å²) in [6, 6.07) is 13.6. The van der Waals surface area contributed by atoms with Gasteiger partial charge in [-0.05, 0) is 56.1 Å². The number of ether oxygens (including phenoxy) is 1. The fourth-order valence-electron chi connectivity index (χ4n) is 5.05. The summed E-state index contributed by atoms with van der Waals surface area (Å²) in [5, 5.41) is 17.6. The van der Waals surface area contributed by atoms with E-state index in [-0.39, 0.29) is 30.0 Å². The molecule has 1 aliphatic rings. The van der Waals surface area contributed by atoms with Gasteiger partial charge in [0.2, 0.25) is 0 Å². The number of carbonyl (C=O) groups excluding carboxylic acids is 1. The number of anilines is 1. The van der Waals surface area contributed by atoms with Gasteiger partial charge in [-0.2, -0.15) is 5.26 Å². The molecule has 4 N–H and O–H groups in total. The van der Waals surface area contributed by atoms with Crippen molar-refractivity contribution < 1.29 is 9.53 Å². The van der Waals surface area contributed by atoms with Crippen molar-refractivity contribution in [2.75, 3.05) is 33.1 Å². The Hall–Kier alpha value is -4.00. The summed E-state index contributed by atoms with van der Waals surface area (Å²) in [6.45, 7) is 4.09. The maximum absolute atomic E-state index is 13.0. The number of nitrogens with zero attached hydrogens (tertiary/aromatic N) is 4. The molecule has 4 atom stereocenters. The SMILES string of the molecule is C=C(C#N)CNc1c(OC)ccc2ccc([C@@H]3C[C@H](N(C)C)C[C@H](N)[C@H]3NC(=O)c3ccncn3)cc12. The van der Waals surface area contributed by atoms with Crippen molar-refractivity contribution in [2.24, 2.45) is 5.73 Å². The van der Waals surface area contributed by atoms with Crippen LogP contribution in [0, 0.1) is 11.3 Å². The van der Waals surface area contributed by atoms with Crippen molar-refractivity contribution >= 4 is 22.4 Å². The number of hydrogen-bond acceptors (Lipinski definition) is 8. The first-order valence-electron chi connectivity index (χ1n) is 12.2. The second kappa shape index (κ2) is 11.4. The van der Waals surface area contributed by atoms with E-state index in [9.17, 15) is 4.79 Å². The van der Waals surface area contributed by atoms with Crippen LogP contribution in [0.4, 0.5) is 5.69 Å². The Morgan fingerprint density at radius 1 is 1.27 bits per heavy atom. The van der Waals surface area contributed by atoms with Gasteiger partial charge in [-0.3, -0.25) is 4.79 Å². The molecule has 2 aromatic carbocycles. The highest BCUT2D eigenvalue weighted by molar-refractivity contribution is 5.97. The van der Waals surface area contributed by atoms with Crippen molar-refractivity contribution in [3.05, 3.63) is 72.3 Å². The van der Waals surface area contributed by atoms with E-state index >= 15 is 0 Å². The number of carbonyl (C=O) groups is 1. The van der Waals surface area contributed by atoms with E-state index in [0.717, 1.165) is 34.9 Å². The zero-order chi connectivity index (χ0) is 26.5. The number of fused-ring (bicyclic) bond motifs is 1. The van der Waals surface area contributed by atoms with Gasteiger partial charge >= 0.3 is 0 Å². The van der Waals surface area contributed by atoms with E-state index in [2.05, 4.69) is 70.4 Å². The quantitative estimate of drug-likeness (QED) is 0.403. The monoisotopic (exact) mass is 499 g/mol. The van der Waals surface area contributed by atoms with Crippen molar-refractivity contribution in [3.8, 4) is 11.8 Å². The number of amides is 1. The number of nitriles is 1. The van der Waals surface area contributed by atoms with Gasteiger partial charge in [-0.15, -0.1) is 0 Å². The molecule has 3 aromatic rings. The van der Waals surface area contributed by atoms with E-state index in [4.69, 9.17) is 15.7 Å². The van der Waals surface area contributed by atoms with Crippen LogP contribution in [0.5, 0.6) is 5.75 Å². The van der Waals surface area contributed by atoms with Gasteiger partial charge < -0.3 is 26.0 Å². The lowest BCUT2D eigenvalue weighted by Gasteiger charge is -2.43. The molecule has 192 valence electrons. The van der Waals surface area contributed by atoms with Crippen LogP contribution < -0.4 is 21.1 Å². The molecule has 1 aliphatic carbocycles. The van der Waals surface area contributed by atoms with E-state index in [1.165, 1.54) is 6.33 Å². The molecule has 4 rings (SSSR count). The van der Waals surface area contributed by atoms with Gasteiger partial charge in [-0.25, -0.2) is 9.97 Å². The number of nitrogens with two attached hydrogens (primary N) is 1. The van der Waals surface area contributed by atoms with E-state index in [1.54, 1.807) is 19.4 Å². The highest BCUT2D eigenvalue weighted by atomic mass is 16.5. The van der Waals surface area contributed by atoms with Gasteiger partial charge in [0.05, 0.1) is 24.9 Å². The first-order valence-corrected chi connectivity index (χ1v) is 12.2. The van der Waals surface area contributed by atoms with Crippen molar-refractivity contribution in [1.29, 1.82) is 5.26 Å². The molecule has 9 nitrogen and oxygen atoms in total. The first-order chi connectivity index (χ1) is 17.8. The van der Waals surface area contributed by atoms with Gasteiger partial charge in [0.25, 0.3) is 5.91 Å².